The summed E-state index contributed by atoms with van der Waals surface area (Å²) >= 11 is 0. The maximum absolute atomic E-state index is 11.0. The number of esters is 1. The van der Waals surface area contributed by atoms with Gasteiger partial charge in [0.2, 0.25) is 0 Å². The summed E-state index contributed by atoms with van der Waals surface area (Å²) in [7, 11) is 2.84. The average Bonchev–Trinajstić information content (AvgIpc) is 2.39. The van der Waals surface area contributed by atoms with Gasteiger partial charge in [-0.05, 0) is 11.1 Å². The van der Waals surface area contributed by atoms with Gasteiger partial charge < -0.3 is 19.7 Å². The molecule has 1 aromatic rings. The Hall–Kier alpha value is -1.43. The lowest BCUT2D eigenvalue weighted by Crippen LogP contribution is -2.22. The Morgan fingerprint density at radius 1 is 1.22 bits per heavy atom. The molecule has 2 N–H and O–H groups in total. The van der Waals surface area contributed by atoms with Crippen LogP contribution in [0.2, 0.25) is 0 Å². The summed E-state index contributed by atoms with van der Waals surface area (Å²) in [6.45, 7) is 0.487. The van der Waals surface area contributed by atoms with Crippen molar-refractivity contribution in [3.63, 3.8) is 0 Å². The number of carbonyl (C=O) groups is 1. The van der Waals surface area contributed by atoms with Crippen molar-refractivity contribution in [1.29, 1.82) is 0 Å². The van der Waals surface area contributed by atoms with Gasteiger partial charge in [0.25, 0.3) is 0 Å². The third-order valence-corrected chi connectivity index (χ3v) is 2.60. The van der Waals surface area contributed by atoms with E-state index in [4.69, 9.17) is 4.74 Å². The summed E-state index contributed by atoms with van der Waals surface area (Å²) in [4.78, 5) is 11.0. The molecule has 0 saturated heterocycles. The predicted molar refractivity (Wildman–Crippen MR) is 64.8 cm³/mol. The molecular weight excluding hydrogens is 236 g/mol. The van der Waals surface area contributed by atoms with Gasteiger partial charge in [0, 0.05) is 7.11 Å². The van der Waals surface area contributed by atoms with E-state index in [-0.39, 0.29) is 6.42 Å². The molecule has 0 aliphatic carbocycles. The molecule has 0 radical (unpaired) electrons. The van der Waals surface area contributed by atoms with Crippen LogP contribution in [0.5, 0.6) is 0 Å². The van der Waals surface area contributed by atoms with Gasteiger partial charge in [-0.25, -0.2) is 0 Å². The molecule has 1 rings (SSSR count). The number of rotatable bonds is 6. The molecule has 0 aliphatic heterocycles. The van der Waals surface area contributed by atoms with E-state index in [0.717, 1.165) is 5.56 Å². The molecule has 18 heavy (non-hydrogen) atoms. The molecule has 5 heteroatoms. The van der Waals surface area contributed by atoms with E-state index in [1.54, 1.807) is 31.4 Å². The molecule has 1 aromatic carbocycles. The van der Waals surface area contributed by atoms with E-state index in [1.165, 1.54) is 7.11 Å². The summed E-state index contributed by atoms with van der Waals surface area (Å²) in [5.74, 6) is -0.558. The zero-order chi connectivity index (χ0) is 13.5. The highest BCUT2D eigenvalue weighted by atomic mass is 16.5. The first kappa shape index (κ1) is 14.6. The van der Waals surface area contributed by atoms with Crippen molar-refractivity contribution in [2.24, 2.45) is 0 Å². The first-order chi connectivity index (χ1) is 8.58. The number of carbonyl (C=O) groups excluding carboxylic acids is 1. The molecule has 5 nitrogen and oxygen atoms in total. The van der Waals surface area contributed by atoms with Gasteiger partial charge >= 0.3 is 5.97 Å². The first-order valence-corrected chi connectivity index (χ1v) is 5.59. The molecule has 0 saturated carbocycles. The highest BCUT2D eigenvalue weighted by molar-refractivity contribution is 5.69. The fraction of sp³-hybridized carbons (Fsp3) is 0.462. The smallest absolute Gasteiger partial charge is 0.308 e. The van der Waals surface area contributed by atoms with Crippen LogP contribution in [0.15, 0.2) is 24.3 Å². The number of ether oxygens (including phenoxy) is 2. The molecule has 2 unspecified atom stereocenters. The first-order valence-electron chi connectivity index (χ1n) is 5.59. The lowest BCUT2D eigenvalue weighted by atomic mass is 10.0. The normalized spacial score (nSPS) is 14.0. The van der Waals surface area contributed by atoms with Crippen LogP contribution >= 0.6 is 0 Å². The molecule has 2 atom stereocenters. The van der Waals surface area contributed by atoms with Crippen molar-refractivity contribution in [3.8, 4) is 0 Å². The summed E-state index contributed by atoms with van der Waals surface area (Å²) < 4.78 is 9.40. The molecule has 0 aliphatic rings. The molecule has 0 bridgehead atoms. The monoisotopic (exact) mass is 254 g/mol. The van der Waals surface area contributed by atoms with E-state index in [0.29, 0.717) is 12.2 Å². The van der Waals surface area contributed by atoms with Crippen molar-refractivity contribution < 1.29 is 24.5 Å². The van der Waals surface area contributed by atoms with Gasteiger partial charge in [0.05, 0.1) is 26.2 Å². The topological polar surface area (TPSA) is 76.0 Å². The molecular formula is C13H18O5. The summed E-state index contributed by atoms with van der Waals surface area (Å²) in [5, 5.41) is 19.5. The Kier molecular flexibility index (Phi) is 5.77. The van der Waals surface area contributed by atoms with Crippen molar-refractivity contribution >= 4 is 5.97 Å². The largest absolute Gasteiger partial charge is 0.469 e. The predicted octanol–water partition coefficient (Wildman–Crippen LogP) is 0.790. The van der Waals surface area contributed by atoms with Crippen molar-refractivity contribution in [2.45, 2.75) is 25.2 Å². The molecule has 0 heterocycles. The minimum atomic E-state index is -1.18. The Morgan fingerprint density at radius 3 is 2.33 bits per heavy atom. The van der Waals surface area contributed by atoms with E-state index in [2.05, 4.69) is 4.74 Å². The standard InChI is InChI=1S/C13H18O5/c1-17-8-9-3-5-10(6-4-9)13(16)11(14)7-12(15)18-2/h3-6,11,13-14,16H,7-8H2,1-2H3. The van der Waals surface area contributed by atoms with Crippen molar-refractivity contribution in [1.82, 2.24) is 0 Å². The van der Waals surface area contributed by atoms with E-state index in [9.17, 15) is 15.0 Å². The molecule has 0 spiro atoms. The number of aliphatic hydroxyl groups excluding tert-OH is 2. The van der Waals surface area contributed by atoms with Crippen molar-refractivity contribution in [2.75, 3.05) is 14.2 Å². The lowest BCUT2D eigenvalue weighted by molar-refractivity contribution is -0.144. The molecule has 0 amide bonds. The number of hydrogen-bond donors (Lipinski definition) is 2. The Bertz CT molecular complexity index is 373. The van der Waals surface area contributed by atoms with Gasteiger partial charge in [0.15, 0.2) is 0 Å². The van der Waals surface area contributed by atoms with Gasteiger partial charge in [-0.1, -0.05) is 24.3 Å². The number of hydrogen-bond acceptors (Lipinski definition) is 5. The summed E-state index contributed by atoms with van der Waals surface area (Å²) in [6.07, 6.45) is -2.52. The maximum atomic E-state index is 11.0. The highest BCUT2D eigenvalue weighted by Gasteiger charge is 2.21. The number of benzene rings is 1. The fourth-order valence-corrected chi connectivity index (χ4v) is 1.57. The average molecular weight is 254 g/mol. The SMILES string of the molecule is COCc1ccc(C(O)C(O)CC(=O)OC)cc1. The zero-order valence-corrected chi connectivity index (χ0v) is 10.5. The maximum Gasteiger partial charge on any atom is 0.308 e. The van der Waals surface area contributed by atoms with Crippen LogP contribution in [0.3, 0.4) is 0 Å². The van der Waals surface area contributed by atoms with E-state index >= 15 is 0 Å². The van der Waals surface area contributed by atoms with Crippen LogP contribution < -0.4 is 0 Å². The van der Waals surface area contributed by atoms with Crippen LogP contribution in [-0.2, 0) is 20.9 Å². The minimum absolute atomic E-state index is 0.239. The second-order valence-electron chi connectivity index (χ2n) is 3.97. The van der Waals surface area contributed by atoms with Gasteiger partial charge in [0.1, 0.15) is 6.10 Å². The minimum Gasteiger partial charge on any atom is -0.469 e. The van der Waals surface area contributed by atoms with Gasteiger partial charge in [-0.15, -0.1) is 0 Å². The molecule has 100 valence electrons. The van der Waals surface area contributed by atoms with Gasteiger partial charge in [-0.3, -0.25) is 4.79 Å². The van der Waals surface area contributed by atoms with Crippen LogP contribution in [-0.4, -0.2) is 36.5 Å². The van der Waals surface area contributed by atoms with E-state index in [1.807, 2.05) is 0 Å². The second kappa shape index (κ2) is 7.10. The van der Waals surface area contributed by atoms with Gasteiger partial charge in [-0.2, -0.15) is 0 Å². The quantitative estimate of drug-likeness (QED) is 0.734. The van der Waals surface area contributed by atoms with Crippen LogP contribution in [0.4, 0.5) is 0 Å². The Labute approximate surface area is 106 Å². The molecule has 0 aromatic heterocycles. The Balaban J connectivity index is 2.65. The number of methoxy groups -OCH3 is 2. The van der Waals surface area contributed by atoms with Crippen molar-refractivity contribution in [3.05, 3.63) is 35.4 Å². The number of aliphatic hydroxyl groups is 2. The lowest BCUT2D eigenvalue weighted by Gasteiger charge is -2.17. The summed E-state index contributed by atoms with van der Waals surface area (Å²) in [6, 6.07) is 6.98. The third kappa shape index (κ3) is 4.10. The van der Waals surface area contributed by atoms with E-state index < -0.39 is 18.2 Å². The van der Waals surface area contributed by atoms with Crippen LogP contribution in [0.1, 0.15) is 23.7 Å². The van der Waals surface area contributed by atoms with Crippen LogP contribution in [0.25, 0.3) is 0 Å². The third-order valence-electron chi connectivity index (χ3n) is 2.60. The molecule has 0 fully saturated rings. The Morgan fingerprint density at radius 2 is 1.83 bits per heavy atom. The fourth-order valence-electron chi connectivity index (χ4n) is 1.57. The second-order valence-corrected chi connectivity index (χ2v) is 3.97. The highest BCUT2D eigenvalue weighted by Crippen LogP contribution is 2.20. The summed E-state index contributed by atoms with van der Waals surface area (Å²) in [5.41, 5.74) is 1.52. The van der Waals surface area contributed by atoms with Crippen LogP contribution in [0, 0.1) is 0 Å². The zero-order valence-electron chi connectivity index (χ0n) is 10.5.